The Hall–Kier alpha value is -1.36. The van der Waals surface area contributed by atoms with Gasteiger partial charge in [-0.2, -0.15) is 4.98 Å². The zero-order chi connectivity index (χ0) is 9.84. The third kappa shape index (κ3) is 2.06. The topological polar surface area (TPSA) is 66.9 Å². The molecule has 5 nitrogen and oxygen atoms in total. The molecule has 0 aliphatic carbocycles. The van der Waals surface area contributed by atoms with Gasteiger partial charge in [-0.1, -0.05) is 0 Å². The predicted molar refractivity (Wildman–Crippen MR) is 50.0 cm³/mol. The molecule has 70 valence electrons. The molecule has 1 heterocycles. The SMILES string of the molecule is CNC(=O)c1cnc(Cl)nc1NC. The molecule has 2 N–H and O–H groups in total. The molecule has 13 heavy (non-hydrogen) atoms. The minimum atomic E-state index is -0.249. The van der Waals surface area contributed by atoms with E-state index in [9.17, 15) is 4.79 Å². The normalized spacial score (nSPS) is 9.46. The second-order valence-corrected chi connectivity index (χ2v) is 2.57. The Labute approximate surface area is 80.5 Å². The number of carbonyl (C=O) groups excluding carboxylic acids is 1. The fraction of sp³-hybridized carbons (Fsp3) is 0.286. The summed E-state index contributed by atoms with van der Waals surface area (Å²) in [5, 5.41) is 5.34. The minimum absolute atomic E-state index is 0.108. The van der Waals surface area contributed by atoms with Crippen LogP contribution in [0.3, 0.4) is 0 Å². The first-order valence-corrected chi connectivity index (χ1v) is 3.99. The van der Waals surface area contributed by atoms with E-state index < -0.39 is 0 Å². The van der Waals surface area contributed by atoms with Crippen LogP contribution in [0.1, 0.15) is 10.4 Å². The van der Waals surface area contributed by atoms with Crippen molar-refractivity contribution in [3.8, 4) is 0 Å². The summed E-state index contributed by atoms with van der Waals surface area (Å²) in [5.74, 6) is 0.167. The summed E-state index contributed by atoms with van der Waals surface area (Å²) < 4.78 is 0. The fourth-order valence-electron chi connectivity index (χ4n) is 0.852. The number of halogens is 1. The Kier molecular flexibility index (Phi) is 3.02. The molecule has 1 aromatic heterocycles. The van der Waals surface area contributed by atoms with Gasteiger partial charge >= 0.3 is 0 Å². The van der Waals surface area contributed by atoms with Crippen LogP contribution in [0, 0.1) is 0 Å². The number of hydrogen-bond acceptors (Lipinski definition) is 4. The van der Waals surface area contributed by atoms with Gasteiger partial charge in [-0.25, -0.2) is 4.98 Å². The maximum atomic E-state index is 11.2. The quantitative estimate of drug-likeness (QED) is 0.684. The number of nitrogens with one attached hydrogen (secondary N) is 2. The van der Waals surface area contributed by atoms with E-state index in [0.29, 0.717) is 11.4 Å². The lowest BCUT2D eigenvalue weighted by molar-refractivity contribution is 0.0963. The number of rotatable bonds is 2. The molecule has 0 fully saturated rings. The molecule has 0 saturated carbocycles. The highest BCUT2D eigenvalue weighted by Gasteiger charge is 2.11. The summed E-state index contributed by atoms with van der Waals surface area (Å²) in [6.45, 7) is 0. The van der Waals surface area contributed by atoms with E-state index in [1.807, 2.05) is 0 Å². The smallest absolute Gasteiger partial charge is 0.256 e. The molecular weight excluding hydrogens is 192 g/mol. The van der Waals surface area contributed by atoms with Gasteiger partial charge in [0.05, 0.1) is 0 Å². The lowest BCUT2D eigenvalue weighted by Gasteiger charge is -2.05. The molecule has 1 rings (SSSR count). The van der Waals surface area contributed by atoms with Crippen molar-refractivity contribution in [2.45, 2.75) is 0 Å². The van der Waals surface area contributed by atoms with E-state index in [-0.39, 0.29) is 11.2 Å². The van der Waals surface area contributed by atoms with Gasteiger partial charge in [0.15, 0.2) is 0 Å². The van der Waals surface area contributed by atoms with Crippen molar-refractivity contribution in [2.75, 3.05) is 19.4 Å². The Morgan fingerprint density at radius 3 is 2.77 bits per heavy atom. The van der Waals surface area contributed by atoms with Crippen molar-refractivity contribution in [3.05, 3.63) is 17.0 Å². The van der Waals surface area contributed by atoms with E-state index in [1.165, 1.54) is 13.2 Å². The van der Waals surface area contributed by atoms with Crippen molar-refractivity contribution in [2.24, 2.45) is 0 Å². The van der Waals surface area contributed by atoms with Crippen LogP contribution < -0.4 is 10.6 Å². The Morgan fingerprint density at radius 2 is 2.23 bits per heavy atom. The number of aromatic nitrogens is 2. The Balaban J connectivity index is 3.13. The molecule has 0 unspecified atom stereocenters. The minimum Gasteiger partial charge on any atom is -0.372 e. The van der Waals surface area contributed by atoms with Crippen LogP contribution in [0.5, 0.6) is 0 Å². The van der Waals surface area contributed by atoms with Gasteiger partial charge < -0.3 is 10.6 Å². The molecule has 0 aromatic carbocycles. The lowest BCUT2D eigenvalue weighted by atomic mass is 10.3. The largest absolute Gasteiger partial charge is 0.372 e. The summed E-state index contributed by atoms with van der Waals surface area (Å²) in [5.41, 5.74) is 0.370. The highest BCUT2D eigenvalue weighted by Crippen LogP contribution is 2.12. The molecule has 1 amide bonds. The summed E-state index contributed by atoms with van der Waals surface area (Å²) >= 11 is 5.55. The van der Waals surface area contributed by atoms with Crippen molar-refractivity contribution < 1.29 is 4.79 Å². The van der Waals surface area contributed by atoms with Crippen molar-refractivity contribution in [3.63, 3.8) is 0 Å². The predicted octanol–water partition coefficient (Wildman–Crippen LogP) is 0.531. The fourth-order valence-corrected chi connectivity index (χ4v) is 0.985. The van der Waals surface area contributed by atoms with Crippen LogP contribution >= 0.6 is 11.6 Å². The number of carbonyl (C=O) groups is 1. The molecule has 1 aromatic rings. The summed E-state index contributed by atoms with van der Waals surface area (Å²) in [4.78, 5) is 18.8. The average molecular weight is 201 g/mol. The highest BCUT2D eigenvalue weighted by atomic mass is 35.5. The van der Waals surface area contributed by atoms with Gasteiger partial charge in [-0.3, -0.25) is 4.79 Å². The van der Waals surface area contributed by atoms with Gasteiger partial charge in [0.2, 0.25) is 5.28 Å². The zero-order valence-corrected chi connectivity index (χ0v) is 8.01. The first-order chi connectivity index (χ1) is 6.19. The van der Waals surface area contributed by atoms with E-state index in [4.69, 9.17) is 11.6 Å². The van der Waals surface area contributed by atoms with Crippen molar-refractivity contribution >= 4 is 23.3 Å². The van der Waals surface area contributed by atoms with Crippen molar-refractivity contribution in [1.82, 2.24) is 15.3 Å². The van der Waals surface area contributed by atoms with Crippen LogP contribution in [-0.4, -0.2) is 30.0 Å². The molecule has 0 spiro atoms. The summed E-state index contributed by atoms with van der Waals surface area (Å²) in [6, 6.07) is 0. The molecule has 0 atom stereocenters. The molecule has 0 saturated heterocycles. The molecule has 0 radical (unpaired) electrons. The Bertz CT molecular complexity index is 328. The third-order valence-electron chi connectivity index (χ3n) is 1.47. The third-order valence-corrected chi connectivity index (χ3v) is 1.65. The highest BCUT2D eigenvalue weighted by molar-refractivity contribution is 6.28. The summed E-state index contributed by atoms with van der Waals surface area (Å²) in [6.07, 6.45) is 1.38. The number of anilines is 1. The molecule has 0 aliphatic rings. The van der Waals surface area contributed by atoms with Crippen LogP contribution in [0.25, 0.3) is 0 Å². The zero-order valence-electron chi connectivity index (χ0n) is 7.26. The van der Waals surface area contributed by atoms with Gasteiger partial charge in [-0.05, 0) is 11.6 Å². The van der Waals surface area contributed by atoms with E-state index in [1.54, 1.807) is 7.05 Å². The lowest BCUT2D eigenvalue weighted by Crippen LogP contribution is -2.20. The monoisotopic (exact) mass is 200 g/mol. The number of amides is 1. The number of nitrogens with zero attached hydrogens (tertiary/aromatic N) is 2. The van der Waals surface area contributed by atoms with E-state index >= 15 is 0 Å². The molecule has 0 aliphatic heterocycles. The van der Waals surface area contributed by atoms with Crippen LogP contribution in [-0.2, 0) is 0 Å². The van der Waals surface area contributed by atoms with E-state index in [0.717, 1.165) is 0 Å². The van der Waals surface area contributed by atoms with Gasteiger partial charge in [0.25, 0.3) is 5.91 Å². The average Bonchev–Trinajstić information content (AvgIpc) is 2.16. The van der Waals surface area contributed by atoms with Crippen molar-refractivity contribution in [1.29, 1.82) is 0 Å². The Morgan fingerprint density at radius 1 is 1.54 bits per heavy atom. The first kappa shape index (κ1) is 9.73. The summed E-state index contributed by atoms with van der Waals surface area (Å²) in [7, 11) is 3.20. The molecule has 0 bridgehead atoms. The maximum absolute atomic E-state index is 11.2. The van der Waals surface area contributed by atoms with Gasteiger partial charge in [-0.15, -0.1) is 0 Å². The second kappa shape index (κ2) is 4.04. The van der Waals surface area contributed by atoms with Gasteiger partial charge in [0.1, 0.15) is 11.4 Å². The van der Waals surface area contributed by atoms with Crippen LogP contribution in [0.4, 0.5) is 5.82 Å². The second-order valence-electron chi connectivity index (χ2n) is 2.23. The van der Waals surface area contributed by atoms with Crippen LogP contribution in [0.15, 0.2) is 6.20 Å². The van der Waals surface area contributed by atoms with E-state index in [2.05, 4.69) is 20.6 Å². The molecule has 6 heteroatoms. The van der Waals surface area contributed by atoms with Crippen LogP contribution in [0.2, 0.25) is 5.28 Å². The molecular formula is C7H9ClN4O. The standard InChI is InChI=1S/C7H9ClN4O/c1-9-5-4(6(13)10-2)3-11-7(8)12-5/h3H,1-2H3,(H,10,13)(H,9,11,12). The van der Waals surface area contributed by atoms with Gasteiger partial charge in [0, 0.05) is 20.3 Å². The number of hydrogen-bond donors (Lipinski definition) is 2. The first-order valence-electron chi connectivity index (χ1n) is 3.61. The maximum Gasteiger partial charge on any atom is 0.256 e.